The number of pyridine rings is 2. The molecule has 65 heavy (non-hydrogen) atoms. The molecular weight excluding hydrogens is 821 g/mol. The Labute approximate surface area is 379 Å². The first-order valence-electron chi connectivity index (χ1n) is 20.1. The maximum absolute atomic E-state index is 12.1. The first-order valence-corrected chi connectivity index (χ1v) is 20.1. The number of methoxy groups -OCH3 is 3. The van der Waals surface area contributed by atoms with Crippen molar-refractivity contribution in [1.29, 1.82) is 0 Å². The Morgan fingerprint density at radius 2 is 0.923 bits per heavy atom. The number of carbonyl (C=O) groups is 3. The first-order chi connectivity index (χ1) is 31.4. The van der Waals surface area contributed by atoms with Gasteiger partial charge in [0.2, 0.25) is 0 Å². The van der Waals surface area contributed by atoms with E-state index in [0.29, 0.717) is 17.1 Å². The van der Waals surface area contributed by atoms with Gasteiger partial charge in [0.1, 0.15) is 23.0 Å². The summed E-state index contributed by atoms with van der Waals surface area (Å²) in [7, 11) is 4.79. The van der Waals surface area contributed by atoms with E-state index in [0.717, 1.165) is 44.7 Å². The molecule has 0 aliphatic carbocycles. The van der Waals surface area contributed by atoms with Crippen molar-refractivity contribution in [2.24, 2.45) is 0 Å². The van der Waals surface area contributed by atoms with E-state index in [4.69, 9.17) is 14.2 Å². The second-order valence-electron chi connectivity index (χ2n) is 13.9. The SMILES string of the molecule is COc1ccc(OC)c(/C=C/C(=O)/C=C/c2cc(C)ccc2OC)c1.Cc1ccc(/C=C/C(=O)/C=C/c2ccc(O)c(O)c2)cc1O.O=C(/C=C/c1cccnc1)/C=C/c1cccnc1. The fourth-order valence-electron chi connectivity index (χ4n) is 5.50. The van der Waals surface area contributed by atoms with Gasteiger partial charge in [0.15, 0.2) is 28.8 Å². The molecule has 11 heteroatoms. The van der Waals surface area contributed by atoms with Crippen LogP contribution in [0.2, 0.25) is 0 Å². The zero-order valence-electron chi connectivity index (χ0n) is 36.7. The minimum Gasteiger partial charge on any atom is -0.508 e. The quantitative estimate of drug-likeness (QED) is 0.0664. The molecule has 0 atom stereocenters. The molecule has 0 aliphatic heterocycles. The average Bonchev–Trinajstić information content (AvgIpc) is 3.33. The van der Waals surface area contributed by atoms with Crippen LogP contribution in [0.3, 0.4) is 0 Å². The number of aromatic hydroxyl groups is 3. The molecule has 0 fully saturated rings. The van der Waals surface area contributed by atoms with Crippen LogP contribution in [0.1, 0.15) is 44.5 Å². The number of carbonyl (C=O) groups excluding carboxylic acids is 3. The Bertz CT molecular complexity index is 2600. The summed E-state index contributed by atoms with van der Waals surface area (Å²) in [6.45, 7) is 3.79. The van der Waals surface area contributed by atoms with Gasteiger partial charge >= 0.3 is 0 Å². The highest BCUT2D eigenvalue weighted by molar-refractivity contribution is 6.05. The van der Waals surface area contributed by atoms with Gasteiger partial charge in [-0.25, -0.2) is 0 Å². The number of phenolic OH excluding ortho intramolecular Hbond substituents is 3. The van der Waals surface area contributed by atoms with Crippen LogP contribution in [0.15, 0.2) is 158 Å². The number of hydrogen-bond donors (Lipinski definition) is 3. The van der Waals surface area contributed by atoms with Crippen LogP contribution in [0.4, 0.5) is 0 Å². The van der Waals surface area contributed by atoms with Crippen LogP contribution in [0, 0.1) is 13.8 Å². The third-order valence-corrected chi connectivity index (χ3v) is 9.04. The third kappa shape index (κ3) is 17.4. The van der Waals surface area contributed by atoms with Crippen LogP contribution in [-0.2, 0) is 14.4 Å². The van der Waals surface area contributed by atoms with E-state index in [-0.39, 0.29) is 34.6 Å². The van der Waals surface area contributed by atoms with E-state index in [1.807, 2.05) is 61.5 Å². The minimum absolute atomic E-state index is 0.0669. The molecule has 0 aliphatic rings. The van der Waals surface area contributed by atoms with Crippen molar-refractivity contribution in [1.82, 2.24) is 9.97 Å². The zero-order chi connectivity index (χ0) is 47.0. The summed E-state index contributed by atoms with van der Waals surface area (Å²) in [6, 6.07) is 28.1. The van der Waals surface area contributed by atoms with Gasteiger partial charge in [-0.2, -0.15) is 0 Å². The summed E-state index contributed by atoms with van der Waals surface area (Å²) < 4.78 is 15.8. The molecule has 2 aromatic heterocycles. The molecule has 4 aromatic carbocycles. The number of aromatic nitrogens is 2. The molecule has 6 rings (SSSR count). The van der Waals surface area contributed by atoms with Crippen LogP contribution in [-0.4, -0.2) is 64.0 Å². The average molecular weight is 871 g/mol. The smallest absolute Gasteiger partial charge is 0.178 e. The zero-order valence-corrected chi connectivity index (χ0v) is 36.7. The number of phenols is 3. The van der Waals surface area contributed by atoms with Gasteiger partial charge in [-0.1, -0.05) is 54.1 Å². The molecule has 0 amide bonds. The highest BCUT2D eigenvalue weighted by Crippen LogP contribution is 2.27. The Morgan fingerprint density at radius 3 is 1.38 bits per heavy atom. The molecule has 3 N–H and O–H groups in total. The van der Waals surface area contributed by atoms with Gasteiger partial charge in [0.25, 0.3) is 0 Å². The lowest BCUT2D eigenvalue weighted by Crippen LogP contribution is -1.91. The summed E-state index contributed by atoms with van der Waals surface area (Å²) in [4.78, 5) is 43.4. The van der Waals surface area contributed by atoms with E-state index in [1.165, 1.54) is 48.6 Å². The molecule has 0 spiro atoms. The lowest BCUT2D eigenvalue weighted by molar-refractivity contribution is -0.111. The van der Waals surface area contributed by atoms with Crippen molar-refractivity contribution in [3.63, 3.8) is 0 Å². The molecule has 0 unspecified atom stereocenters. The monoisotopic (exact) mass is 870 g/mol. The highest BCUT2D eigenvalue weighted by Gasteiger charge is 2.04. The second-order valence-corrected chi connectivity index (χ2v) is 13.9. The Kier molecular flexibility index (Phi) is 19.7. The molecule has 0 radical (unpaired) electrons. The van der Waals surface area contributed by atoms with Gasteiger partial charge < -0.3 is 29.5 Å². The topological polar surface area (TPSA) is 165 Å². The van der Waals surface area contributed by atoms with Gasteiger partial charge in [-0.3, -0.25) is 24.4 Å². The molecule has 11 nitrogen and oxygen atoms in total. The molecule has 0 saturated carbocycles. The van der Waals surface area contributed by atoms with Crippen molar-refractivity contribution in [2.45, 2.75) is 13.8 Å². The van der Waals surface area contributed by atoms with Gasteiger partial charge in [-0.05, 0) is 163 Å². The van der Waals surface area contributed by atoms with Crippen LogP contribution >= 0.6 is 0 Å². The fraction of sp³-hybridized carbons (Fsp3) is 0.0926. The molecule has 0 bridgehead atoms. The van der Waals surface area contributed by atoms with E-state index >= 15 is 0 Å². The summed E-state index contributed by atoms with van der Waals surface area (Å²) >= 11 is 0. The van der Waals surface area contributed by atoms with Crippen LogP contribution in [0.5, 0.6) is 34.5 Å². The number of allylic oxidation sites excluding steroid dienone is 6. The summed E-state index contributed by atoms with van der Waals surface area (Å²) in [5, 5.41) is 28.1. The number of rotatable bonds is 15. The van der Waals surface area contributed by atoms with Crippen LogP contribution in [0.25, 0.3) is 36.5 Å². The van der Waals surface area contributed by atoms with Crippen molar-refractivity contribution in [3.8, 4) is 34.5 Å². The normalized spacial score (nSPS) is 11.2. The molecule has 0 saturated heterocycles. The number of aryl methyl sites for hydroxylation is 2. The first kappa shape index (κ1) is 49.1. The minimum atomic E-state index is -0.236. The van der Waals surface area contributed by atoms with E-state index in [9.17, 15) is 29.7 Å². The molecule has 2 heterocycles. The molecule has 6 aromatic rings. The summed E-state index contributed by atoms with van der Waals surface area (Å²) in [5.74, 6) is 1.42. The van der Waals surface area contributed by atoms with E-state index < -0.39 is 0 Å². The van der Waals surface area contributed by atoms with Gasteiger partial charge in [0.05, 0.1) is 21.3 Å². The Balaban J connectivity index is 0.000000216. The van der Waals surface area contributed by atoms with Gasteiger partial charge in [0, 0.05) is 35.9 Å². The second kappa shape index (κ2) is 26.0. The number of ether oxygens (including phenoxy) is 3. The molecule has 330 valence electrons. The number of benzene rings is 4. The van der Waals surface area contributed by atoms with Crippen molar-refractivity contribution >= 4 is 53.8 Å². The fourth-order valence-corrected chi connectivity index (χ4v) is 5.50. The largest absolute Gasteiger partial charge is 0.508 e. The van der Waals surface area contributed by atoms with Crippen molar-refractivity contribution in [3.05, 3.63) is 203 Å². The van der Waals surface area contributed by atoms with Crippen molar-refractivity contribution in [2.75, 3.05) is 21.3 Å². The standard InChI is InChI=1S/C21H22O4.C18H16O4.C15H12N2O/c1-15-5-11-20(24-3)16(13-15)6-8-18(22)9-7-17-14-19(23-2)10-12-21(17)25-4;1-12-2-3-13(10-17(12)21)4-7-15(19)8-5-14-6-9-16(20)18(22)11-14;18-15(7-5-13-3-1-9-16-11-13)8-6-14-4-2-10-17-12-14/h5-14H,1-4H3;2-11,20-22H,1H3;1-12H/b8-6+,9-7+;7-4+,8-5+;7-5+,8-6+. The van der Waals surface area contributed by atoms with E-state index in [2.05, 4.69) is 9.97 Å². The number of nitrogens with zero attached hydrogens (tertiary/aromatic N) is 2. The predicted octanol–water partition coefficient (Wildman–Crippen LogP) is 10.5. The van der Waals surface area contributed by atoms with Crippen LogP contribution < -0.4 is 14.2 Å². The van der Waals surface area contributed by atoms with Gasteiger partial charge in [-0.15, -0.1) is 0 Å². The van der Waals surface area contributed by atoms with E-state index in [1.54, 1.807) is 120 Å². The Hall–Kier alpha value is -8.57. The highest BCUT2D eigenvalue weighted by atomic mass is 16.5. The lowest BCUT2D eigenvalue weighted by Gasteiger charge is -2.07. The lowest BCUT2D eigenvalue weighted by atomic mass is 10.1. The number of ketones is 3. The third-order valence-electron chi connectivity index (χ3n) is 9.04. The van der Waals surface area contributed by atoms with Crippen molar-refractivity contribution < 1.29 is 43.9 Å². The maximum atomic E-state index is 12.1. The number of hydrogen-bond acceptors (Lipinski definition) is 11. The summed E-state index contributed by atoms with van der Waals surface area (Å²) in [5.41, 5.74) is 6.65. The Morgan fingerprint density at radius 1 is 0.462 bits per heavy atom. The predicted molar refractivity (Wildman–Crippen MR) is 258 cm³/mol. The maximum Gasteiger partial charge on any atom is 0.178 e. The molecular formula is C54H50N2O9. The summed E-state index contributed by atoms with van der Waals surface area (Å²) in [6.07, 6.45) is 25.7.